The fourth-order valence-corrected chi connectivity index (χ4v) is 4.17. The number of carbonyl (C=O) groups excluding carboxylic acids is 1. The predicted octanol–water partition coefficient (Wildman–Crippen LogP) is 3.45. The highest BCUT2D eigenvalue weighted by atomic mass is 16.5. The highest BCUT2D eigenvalue weighted by Crippen LogP contribution is 2.36. The first-order chi connectivity index (χ1) is 16.1. The van der Waals surface area contributed by atoms with E-state index in [2.05, 4.69) is 15.1 Å². The lowest BCUT2D eigenvalue weighted by Gasteiger charge is -2.17. The number of hydrogen-bond donors (Lipinski definition) is 0. The molecule has 1 amide bonds. The quantitative estimate of drug-likeness (QED) is 0.428. The van der Waals surface area contributed by atoms with Gasteiger partial charge < -0.3 is 9.64 Å². The van der Waals surface area contributed by atoms with E-state index in [1.807, 2.05) is 67.7 Å². The number of ether oxygens (including phenoxy) is 1. The zero-order chi connectivity index (χ0) is 22.5. The second-order valence-corrected chi connectivity index (χ2v) is 7.79. The first-order valence-corrected chi connectivity index (χ1v) is 10.4. The molecule has 1 aliphatic rings. The summed E-state index contributed by atoms with van der Waals surface area (Å²) in [5.74, 6) is 1.24. The minimum atomic E-state index is -0.148. The topological polar surface area (TPSA) is 90.4 Å². The SMILES string of the molecule is COc1ccc(N2Cc3c(nn(-c4cccc(C)n4)c3-c3ccc4ncnn4c3)C2=O)cc1. The van der Waals surface area contributed by atoms with Crippen LogP contribution in [-0.4, -0.2) is 42.4 Å². The van der Waals surface area contributed by atoms with Crippen molar-refractivity contribution in [2.75, 3.05) is 12.0 Å². The van der Waals surface area contributed by atoms with Gasteiger partial charge in [0.15, 0.2) is 17.2 Å². The second kappa shape index (κ2) is 7.27. The molecule has 0 saturated heterocycles. The second-order valence-electron chi connectivity index (χ2n) is 7.79. The van der Waals surface area contributed by atoms with Crippen LogP contribution in [0.5, 0.6) is 5.75 Å². The lowest BCUT2D eigenvalue weighted by Crippen LogP contribution is -2.24. The maximum atomic E-state index is 13.4. The number of nitrogens with zero attached hydrogens (tertiary/aromatic N) is 7. The Morgan fingerprint density at radius 2 is 1.88 bits per heavy atom. The summed E-state index contributed by atoms with van der Waals surface area (Å²) in [5.41, 5.74) is 5.34. The van der Waals surface area contributed by atoms with Gasteiger partial charge in [0, 0.05) is 28.7 Å². The van der Waals surface area contributed by atoms with Crippen molar-refractivity contribution in [3.05, 3.63) is 84.1 Å². The summed E-state index contributed by atoms with van der Waals surface area (Å²) in [5, 5.41) is 8.99. The Bertz CT molecular complexity index is 1520. The van der Waals surface area contributed by atoms with Gasteiger partial charge in [-0.2, -0.15) is 10.2 Å². The zero-order valence-electron chi connectivity index (χ0n) is 18.0. The molecule has 0 fully saturated rings. The van der Waals surface area contributed by atoms with Crippen molar-refractivity contribution in [1.29, 1.82) is 0 Å². The smallest absolute Gasteiger partial charge is 0.279 e. The predicted molar refractivity (Wildman–Crippen MR) is 122 cm³/mol. The summed E-state index contributed by atoms with van der Waals surface area (Å²) in [6.45, 7) is 2.33. The third kappa shape index (κ3) is 3.05. The lowest BCUT2D eigenvalue weighted by molar-refractivity contribution is 0.0991. The first-order valence-electron chi connectivity index (χ1n) is 10.4. The Hall–Kier alpha value is -4.53. The van der Waals surface area contributed by atoms with Crippen molar-refractivity contribution < 1.29 is 9.53 Å². The van der Waals surface area contributed by atoms with E-state index in [0.717, 1.165) is 39.6 Å². The van der Waals surface area contributed by atoms with Gasteiger partial charge in [0.25, 0.3) is 5.91 Å². The minimum absolute atomic E-state index is 0.148. The van der Waals surface area contributed by atoms with Crippen LogP contribution in [0.15, 0.2) is 67.1 Å². The number of aryl methyl sites for hydroxylation is 1. The molecule has 5 aromatic rings. The van der Waals surface area contributed by atoms with E-state index < -0.39 is 0 Å². The van der Waals surface area contributed by atoms with Gasteiger partial charge in [0.05, 0.1) is 19.3 Å². The molecule has 9 heteroatoms. The number of carbonyl (C=O) groups is 1. The van der Waals surface area contributed by atoms with Gasteiger partial charge >= 0.3 is 0 Å². The summed E-state index contributed by atoms with van der Waals surface area (Å²) >= 11 is 0. The van der Waals surface area contributed by atoms with E-state index in [1.165, 1.54) is 6.33 Å². The number of pyridine rings is 2. The van der Waals surface area contributed by atoms with Crippen LogP contribution in [0.25, 0.3) is 22.7 Å². The molecular formula is C24H19N7O2. The molecule has 33 heavy (non-hydrogen) atoms. The highest BCUT2D eigenvalue weighted by Gasteiger charge is 2.36. The summed E-state index contributed by atoms with van der Waals surface area (Å²) < 4.78 is 8.70. The van der Waals surface area contributed by atoms with Crippen molar-refractivity contribution in [2.24, 2.45) is 0 Å². The van der Waals surface area contributed by atoms with Gasteiger partial charge in [-0.15, -0.1) is 0 Å². The average Bonchev–Trinajstić information content (AvgIpc) is 3.53. The summed E-state index contributed by atoms with van der Waals surface area (Å²) in [4.78, 5) is 24.0. The highest BCUT2D eigenvalue weighted by molar-refractivity contribution is 6.10. The maximum absolute atomic E-state index is 13.4. The largest absolute Gasteiger partial charge is 0.497 e. The number of amides is 1. The van der Waals surface area contributed by atoms with Crippen LogP contribution < -0.4 is 9.64 Å². The molecule has 0 aliphatic carbocycles. The molecule has 0 spiro atoms. The van der Waals surface area contributed by atoms with Crippen molar-refractivity contribution >= 4 is 17.2 Å². The molecule has 0 saturated carbocycles. The Labute approximate surface area is 188 Å². The molecule has 1 aliphatic heterocycles. The number of anilines is 1. The average molecular weight is 437 g/mol. The summed E-state index contributed by atoms with van der Waals surface area (Å²) in [7, 11) is 1.62. The van der Waals surface area contributed by atoms with E-state index in [9.17, 15) is 4.79 Å². The normalized spacial score (nSPS) is 13.0. The van der Waals surface area contributed by atoms with Crippen molar-refractivity contribution in [2.45, 2.75) is 13.5 Å². The monoisotopic (exact) mass is 437 g/mol. The van der Waals surface area contributed by atoms with Gasteiger partial charge in [-0.3, -0.25) is 4.79 Å². The van der Waals surface area contributed by atoms with E-state index in [-0.39, 0.29) is 5.91 Å². The van der Waals surface area contributed by atoms with Gasteiger partial charge in [0.1, 0.15) is 12.1 Å². The van der Waals surface area contributed by atoms with Crippen molar-refractivity contribution in [3.8, 4) is 22.8 Å². The molecule has 0 N–H and O–H groups in total. The fraction of sp³-hybridized carbons (Fsp3) is 0.125. The standard InChI is InChI=1S/C24H19N7O2/c1-15-4-3-5-21(27-15)31-23(16-6-11-20-25-14-26-30(20)12-16)19-13-29(24(32)22(19)28-31)17-7-9-18(33-2)10-8-17/h3-12,14H,13H2,1-2H3. The molecule has 0 unspecified atom stereocenters. The third-order valence-electron chi connectivity index (χ3n) is 5.77. The molecule has 9 nitrogen and oxygen atoms in total. The van der Waals surface area contributed by atoms with Gasteiger partial charge in [-0.1, -0.05) is 6.07 Å². The van der Waals surface area contributed by atoms with Crippen LogP contribution in [0.3, 0.4) is 0 Å². The summed E-state index contributed by atoms with van der Waals surface area (Å²) in [6, 6.07) is 17.0. The maximum Gasteiger partial charge on any atom is 0.279 e. The van der Waals surface area contributed by atoms with E-state index >= 15 is 0 Å². The van der Waals surface area contributed by atoms with E-state index in [0.29, 0.717) is 18.1 Å². The molecule has 6 rings (SSSR count). The van der Waals surface area contributed by atoms with Crippen molar-refractivity contribution in [3.63, 3.8) is 0 Å². The molecule has 162 valence electrons. The van der Waals surface area contributed by atoms with E-state index in [1.54, 1.807) is 21.2 Å². The molecule has 1 aromatic carbocycles. The Morgan fingerprint density at radius 3 is 2.67 bits per heavy atom. The summed E-state index contributed by atoms with van der Waals surface area (Å²) in [6.07, 6.45) is 3.41. The number of fused-ring (bicyclic) bond motifs is 2. The lowest BCUT2D eigenvalue weighted by atomic mass is 10.1. The minimum Gasteiger partial charge on any atom is -0.497 e. The zero-order valence-corrected chi connectivity index (χ0v) is 18.0. The van der Waals surface area contributed by atoms with Gasteiger partial charge in [0.2, 0.25) is 0 Å². The Balaban J connectivity index is 1.51. The molecule has 0 radical (unpaired) electrons. The number of rotatable bonds is 4. The van der Waals surface area contributed by atoms with Gasteiger partial charge in [-0.25, -0.2) is 19.2 Å². The Morgan fingerprint density at radius 1 is 1.03 bits per heavy atom. The van der Waals surface area contributed by atoms with Crippen LogP contribution in [0.2, 0.25) is 0 Å². The van der Waals surface area contributed by atoms with Crippen LogP contribution >= 0.6 is 0 Å². The molecule has 0 bridgehead atoms. The molecular weight excluding hydrogens is 418 g/mol. The fourth-order valence-electron chi connectivity index (χ4n) is 4.17. The number of hydrogen-bond acceptors (Lipinski definition) is 6. The number of aromatic nitrogens is 6. The molecule has 0 atom stereocenters. The van der Waals surface area contributed by atoms with Crippen LogP contribution in [-0.2, 0) is 6.54 Å². The third-order valence-corrected chi connectivity index (χ3v) is 5.77. The number of methoxy groups -OCH3 is 1. The van der Waals surface area contributed by atoms with Crippen LogP contribution in [0.1, 0.15) is 21.7 Å². The van der Waals surface area contributed by atoms with Gasteiger partial charge in [-0.05, 0) is 55.5 Å². The molecule has 4 aromatic heterocycles. The van der Waals surface area contributed by atoms with E-state index in [4.69, 9.17) is 9.84 Å². The van der Waals surface area contributed by atoms with Crippen LogP contribution in [0, 0.1) is 6.92 Å². The number of benzene rings is 1. The Kier molecular flexibility index (Phi) is 4.22. The van der Waals surface area contributed by atoms with Crippen LogP contribution in [0.4, 0.5) is 5.69 Å². The van der Waals surface area contributed by atoms with Crippen molar-refractivity contribution in [1.82, 2.24) is 29.4 Å². The first kappa shape index (κ1) is 19.2. The molecule has 5 heterocycles.